The molecule has 0 spiro atoms. The Morgan fingerprint density at radius 2 is 2.47 bits per heavy atom. The van der Waals surface area contributed by atoms with Crippen LogP contribution in [0.5, 0.6) is 0 Å². The van der Waals surface area contributed by atoms with E-state index in [4.69, 9.17) is 10.4 Å². The van der Waals surface area contributed by atoms with E-state index in [9.17, 15) is 4.79 Å². The number of nitrogens with zero attached hydrogens (tertiary/aromatic N) is 2. The molecular weight excluding hydrogens is 218 g/mol. The van der Waals surface area contributed by atoms with Crippen molar-refractivity contribution >= 4 is 11.7 Å². The van der Waals surface area contributed by atoms with E-state index in [0.29, 0.717) is 24.3 Å². The molecule has 90 valence electrons. The van der Waals surface area contributed by atoms with E-state index >= 15 is 0 Å². The molecule has 1 heterocycles. The van der Waals surface area contributed by atoms with Crippen LogP contribution in [0, 0.1) is 17.2 Å². The standard InChI is InChI=1S/C12H15N3O2/c1-9(4-5-12(16)17)8-15-10-3-2-6-14-11(10)7-13/h2-3,6,9,15H,4-5,8H2,1H3,(H,16,17). The maximum absolute atomic E-state index is 10.4. The molecule has 1 aromatic rings. The van der Waals surface area contributed by atoms with Crippen LogP contribution in [0.4, 0.5) is 5.69 Å². The van der Waals surface area contributed by atoms with Gasteiger partial charge in [0.25, 0.3) is 0 Å². The molecule has 1 rings (SSSR count). The summed E-state index contributed by atoms with van der Waals surface area (Å²) in [6.07, 6.45) is 2.35. The largest absolute Gasteiger partial charge is 0.481 e. The van der Waals surface area contributed by atoms with E-state index in [-0.39, 0.29) is 12.3 Å². The molecule has 1 aromatic heterocycles. The number of hydrogen-bond donors (Lipinski definition) is 2. The van der Waals surface area contributed by atoms with Gasteiger partial charge >= 0.3 is 5.97 Å². The van der Waals surface area contributed by atoms with E-state index < -0.39 is 5.97 Å². The highest BCUT2D eigenvalue weighted by Crippen LogP contribution is 2.13. The van der Waals surface area contributed by atoms with Crippen LogP contribution >= 0.6 is 0 Å². The van der Waals surface area contributed by atoms with Crippen LogP contribution in [0.3, 0.4) is 0 Å². The van der Waals surface area contributed by atoms with Gasteiger partial charge in [-0.2, -0.15) is 5.26 Å². The predicted octanol–water partition coefficient (Wildman–Crippen LogP) is 1.87. The molecule has 0 fully saturated rings. The smallest absolute Gasteiger partial charge is 0.303 e. The van der Waals surface area contributed by atoms with Crippen molar-refractivity contribution in [3.8, 4) is 6.07 Å². The maximum Gasteiger partial charge on any atom is 0.303 e. The number of hydrogen-bond acceptors (Lipinski definition) is 4. The van der Waals surface area contributed by atoms with Crippen molar-refractivity contribution in [2.45, 2.75) is 19.8 Å². The predicted molar refractivity (Wildman–Crippen MR) is 63.5 cm³/mol. The van der Waals surface area contributed by atoms with Gasteiger partial charge in [-0.15, -0.1) is 0 Å². The van der Waals surface area contributed by atoms with Crippen molar-refractivity contribution in [2.24, 2.45) is 5.92 Å². The number of rotatable bonds is 6. The molecule has 0 amide bonds. The van der Waals surface area contributed by atoms with Gasteiger partial charge in [0.2, 0.25) is 0 Å². The first-order chi connectivity index (χ1) is 8.13. The van der Waals surface area contributed by atoms with Crippen molar-refractivity contribution in [1.29, 1.82) is 5.26 Å². The molecule has 1 atom stereocenters. The second-order valence-electron chi connectivity index (χ2n) is 3.93. The Hall–Kier alpha value is -2.09. The lowest BCUT2D eigenvalue weighted by Gasteiger charge is -2.12. The summed E-state index contributed by atoms with van der Waals surface area (Å²) >= 11 is 0. The number of carboxylic acid groups (broad SMARTS) is 1. The number of nitriles is 1. The van der Waals surface area contributed by atoms with E-state index in [1.165, 1.54) is 0 Å². The zero-order valence-electron chi connectivity index (χ0n) is 9.68. The molecule has 5 heteroatoms. The Labute approximate surface area is 100 Å². The Kier molecular flexibility index (Phi) is 4.95. The summed E-state index contributed by atoms with van der Waals surface area (Å²) in [4.78, 5) is 14.3. The SMILES string of the molecule is CC(CCC(=O)O)CNc1cccnc1C#N. The monoisotopic (exact) mass is 233 g/mol. The second-order valence-corrected chi connectivity index (χ2v) is 3.93. The quantitative estimate of drug-likeness (QED) is 0.783. The van der Waals surface area contributed by atoms with Gasteiger partial charge in [0.15, 0.2) is 5.69 Å². The van der Waals surface area contributed by atoms with Crippen LogP contribution in [0.2, 0.25) is 0 Å². The lowest BCUT2D eigenvalue weighted by atomic mass is 10.1. The number of carbonyl (C=O) groups is 1. The van der Waals surface area contributed by atoms with Crippen molar-refractivity contribution < 1.29 is 9.90 Å². The fourth-order valence-electron chi connectivity index (χ4n) is 1.39. The van der Waals surface area contributed by atoms with Crippen LogP contribution in [0.25, 0.3) is 0 Å². The van der Waals surface area contributed by atoms with Gasteiger partial charge in [-0.1, -0.05) is 6.92 Å². The van der Waals surface area contributed by atoms with Crippen molar-refractivity contribution in [2.75, 3.05) is 11.9 Å². The molecule has 0 radical (unpaired) electrons. The summed E-state index contributed by atoms with van der Waals surface area (Å²) in [5, 5.41) is 20.5. The average Bonchev–Trinajstić information content (AvgIpc) is 2.34. The number of aliphatic carboxylic acids is 1. The third-order valence-corrected chi connectivity index (χ3v) is 2.41. The Morgan fingerprint density at radius 1 is 1.71 bits per heavy atom. The van der Waals surface area contributed by atoms with Gasteiger partial charge in [-0.25, -0.2) is 4.98 Å². The zero-order chi connectivity index (χ0) is 12.7. The van der Waals surface area contributed by atoms with Crippen LogP contribution < -0.4 is 5.32 Å². The van der Waals surface area contributed by atoms with E-state index in [0.717, 1.165) is 0 Å². The summed E-state index contributed by atoms with van der Waals surface area (Å²) in [7, 11) is 0. The first-order valence-corrected chi connectivity index (χ1v) is 5.44. The fourth-order valence-corrected chi connectivity index (χ4v) is 1.39. The average molecular weight is 233 g/mol. The molecule has 0 bridgehead atoms. The highest BCUT2D eigenvalue weighted by atomic mass is 16.4. The molecule has 0 aliphatic heterocycles. The second kappa shape index (κ2) is 6.48. The molecule has 1 unspecified atom stereocenters. The van der Waals surface area contributed by atoms with Gasteiger partial charge in [0.05, 0.1) is 5.69 Å². The summed E-state index contributed by atoms with van der Waals surface area (Å²) in [5.41, 5.74) is 1.05. The van der Waals surface area contributed by atoms with Crippen LogP contribution in [0.15, 0.2) is 18.3 Å². The molecule has 0 aliphatic rings. The number of aromatic nitrogens is 1. The van der Waals surface area contributed by atoms with Crippen molar-refractivity contribution in [3.63, 3.8) is 0 Å². The van der Waals surface area contributed by atoms with Crippen molar-refractivity contribution in [3.05, 3.63) is 24.0 Å². The molecule has 0 aromatic carbocycles. The lowest BCUT2D eigenvalue weighted by Crippen LogP contribution is -2.13. The molecule has 2 N–H and O–H groups in total. The fraction of sp³-hybridized carbons (Fsp3) is 0.417. The molecule has 0 saturated heterocycles. The number of carboxylic acids is 1. The summed E-state index contributed by atoms with van der Waals surface area (Å²) in [6.45, 7) is 2.60. The normalized spacial score (nSPS) is 11.5. The lowest BCUT2D eigenvalue weighted by molar-refractivity contribution is -0.137. The molecule has 0 saturated carbocycles. The Bertz CT molecular complexity index is 426. The van der Waals surface area contributed by atoms with Gasteiger partial charge in [-0.3, -0.25) is 4.79 Å². The molecular formula is C12H15N3O2. The van der Waals surface area contributed by atoms with Crippen LogP contribution in [-0.4, -0.2) is 22.6 Å². The number of anilines is 1. The number of nitrogens with one attached hydrogen (secondary N) is 1. The third kappa shape index (κ3) is 4.51. The van der Waals surface area contributed by atoms with Crippen LogP contribution in [0.1, 0.15) is 25.5 Å². The highest BCUT2D eigenvalue weighted by Gasteiger charge is 2.07. The summed E-state index contributed by atoms with van der Waals surface area (Å²) < 4.78 is 0. The van der Waals surface area contributed by atoms with E-state index in [2.05, 4.69) is 10.3 Å². The van der Waals surface area contributed by atoms with Gasteiger partial charge in [0.1, 0.15) is 6.07 Å². The summed E-state index contributed by atoms with van der Waals surface area (Å²) in [6, 6.07) is 5.54. The van der Waals surface area contributed by atoms with Gasteiger partial charge < -0.3 is 10.4 Å². The maximum atomic E-state index is 10.4. The van der Waals surface area contributed by atoms with E-state index in [1.54, 1.807) is 18.3 Å². The zero-order valence-corrected chi connectivity index (χ0v) is 9.68. The Balaban J connectivity index is 2.45. The third-order valence-electron chi connectivity index (χ3n) is 2.41. The minimum Gasteiger partial charge on any atom is -0.481 e. The highest BCUT2D eigenvalue weighted by molar-refractivity contribution is 5.66. The Morgan fingerprint density at radius 3 is 3.12 bits per heavy atom. The molecule has 5 nitrogen and oxygen atoms in total. The van der Waals surface area contributed by atoms with Crippen LogP contribution in [-0.2, 0) is 4.79 Å². The van der Waals surface area contributed by atoms with E-state index in [1.807, 2.05) is 13.0 Å². The topological polar surface area (TPSA) is 86.0 Å². The minimum absolute atomic E-state index is 0.168. The molecule has 17 heavy (non-hydrogen) atoms. The summed E-state index contributed by atoms with van der Waals surface area (Å²) in [5.74, 6) is -0.547. The first-order valence-electron chi connectivity index (χ1n) is 5.44. The van der Waals surface area contributed by atoms with Gasteiger partial charge in [0, 0.05) is 19.2 Å². The minimum atomic E-state index is -0.782. The first kappa shape index (κ1) is 13.0. The number of pyridine rings is 1. The van der Waals surface area contributed by atoms with Gasteiger partial charge in [-0.05, 0) is 24.5 Å². The van der Waals surface area contributed by atoms with Crippen molar-refractivity contribution in [1.82, 2.24) is 4.98 Å². The molecule has 0 aliphatic carbocycles.